The van der Waals surface area contributed by atoms with Gasteiger partial charge in [0.1, 0.15) is 10.7 Å². The van der Waals surface area contributed by atoms with E-state index in [2.05, 4.69) is 5.10 Å². The molecule has 0 bridgehead atoms. The van der Waals surface area contributed by atoms with Gasteiger partial charge in [0, 0.05) is 0 Å². The van der Waals surface area contributed by atoms with Crippen LogP contribution in [0.4, 0.5) is 4.39 Å². The molecule has 0 amide bonds. The number of rotatable bonds is 6. The van der Waals surface area contributed by atoms with E-state index in [4.69, 9.17) is 8.92 Å². The Balaban J connectivity index is 2.13. The summed E-state index contributed by atoms with van der Waals surface area (Å²) in [5, 5.41) is 3.94. The van der Waals surface area contributed by atoms with E-state index in [1.54, 1.807) is 31.2 Å². The number of aromatic nitrogens is 2. The molecule has 0 atom stereocenters. The van der Waals surface area contributed by atoms with Gasteiger partial charge >= 0.3 is 16.1 Å². The SMILES string of the molecule is CCOC(=O)c1nn(-c2ccc(C)cc2)c(=O)cc1OS(=O)(=O)c1ccccc1F. The standard InChI is InChI=1S/C20H17FN2O6S/c1-3-28-20(25)19-16(29-30(26,27)17-7-5-4-6-15(17)21)12-18(24)23(22-19)14-10-8-13(2)9-11-14/h4-12H,3H2,1-2H3. The number of hydrogen-bond acceptors (Lipinski definition) is 7. The number of benzene rings is 2. The van der Waals surface area contributed by atoms with E-state index in [-0.39, 0.29) is 6.61 Å². The lowest BCUT2D eigenvalue weighted by molar-refractivity contribution is 0.0515. The van der Waals surface area contributed by atoms with E-state index in [9.17, 15) is 22.4 Å². The number of nitrogens with zero attached hydrogens (tertiary/aromatic N) is 2. The van der Waals surface area contributed by atoms with Crippen LogP contribution in [0.3, 0.4) is 0 Å². The van der Waals surface area contributed by atoms with Crippen LogP contribution in [-0.4, -0.2) is 30.8 Å². The van der Waals surface area contributed by atoms with Gasteiger partial charge in [0.25, 0.3) is 5.56 Å². The van der Waals surface area contributed by atoms with E-state index >= 15 is 0 Å². The average Bonchev–Trinajstić information content (AvgIpc) is 2.69. The number of esters is 1. The molecular formula is C20H17FN2O6S. The van der Waals surface area contributed by atoms with Crippen molar-refractivity contribution in [2.24, 2.45) is 0 Å². The van der Waals surface area contributed by atoms with Crippen molar-refractivity contribution in [3.63, 3.8) is 0 Å². The van der Waals surface area contributed by atoms with Crippen LogP contribution in [0.2, 0.25) is 0 Å². The summed E-state index contributed by atoms with van der Waals surface area (Å²) in [5.74, 6) is -2.71. The molecule has 3 rings (SSSR count). The Morgan fingerprint density at radius 1 is 1.13 bits per heavy atom. The molecule has 0 aliphatic rings. The van der Waals surface area contributed by atoms with Crippen molar-refractivity contribution in [3.8, 4) is 11.4 Å². The quantitative estimate of drug-likeness (QED) is 0.436. The Hall–Kier alpha value is -3.53. The average molecular weight is 432 g/mol. The van der Waals surface area contributed by atoms with Gasteiger partial charge in [-0.05, 0) is 38.1 Å². The second kappa shape index (κ2) is 8.46. The smallest absolute Gasteiger partial charge is 0.362 e. The van der Waals surface area contributed by atoms with E-state index < -0.39 is 43.8 Å². The van der Waals surface area contributed by atoms with E-state index in [0.717, 1.165) is 28.4 Å². The third-order valence-corrected chi connectivity index (χ3v) is 5.22. The Morgan fingerprint density at radius 2 is 1.80 bits per heavy atom. The number of carbonyl (C=O) groups excluding carboxylic acids is 1. The predicted octanol–water partition coefficient (Wildman–Crippen LogP) is 2.62. The highest BCUT2D eigenvalue weighted by Gasteiger charge is 2.27. The molecule has 0 saturated heterocycles. The first-order chi connectivity index (χ1) is 14.2. The zero-order valence-electron chi connectivity index (χ0n) is 16.0. The van der Waals surface area contributed by atoms with Crippen LogP contribution >= 0.6 is 0 Å². The molecule has 0 fully saturated rings. The number of ether oxygens (including phenoxy) is 1. The Labute approximate surface area is 171 Å². The summed E-state index contributed by atoms with van der Waals surface area (Å²) < 4.78 is 49.7. The molecule has 2 aromatic carbocycles. The Bertz CT molecular complexity index is 1250. The summed E-state index contributed by atoms with van der Waals surface area (Å²) in [6, 6.07) is 12.0. The number of carbonyl (C=O) groups is 1. The number of aryl methyl sites for hydroxylation is 1. The molecule has 10 heteroatoms. The summed E-state index contributed by atoms with van der Waals surface area (Å²) >= 11 is 0. The normalized spacial score (nSPS) is 11.2. The van der Waals surface area contributed by atoms with Crippen LogP contribution in [0.25, 0.3) is 5.69 Å². The van der Waals surface area contributed by atoms with Crippen LogP contribution in [0, 0.1) is 12.7 Å². The minimum absolute atomic E-state index is 0.0241. The van der Waals surface area contributed by atoms with Crippen LogP contribution in [0.1, 0.15) is 23.0 Å². The first-order valence-corrected chi connectivity index (χ1v) is 10.2. The Kier molecular flexibility index (Phi) is 5.97. The third kappa shape index (κ3) is 4.38. The molecule has 0 aliphatic heterocycles. The number of halogens is 1. The summed E-state index contributed by atoms with van der Waals surface area (Å²) in [6.45, 7) is 3.38. The van der Waals surface area contributed by atoms with Gasteiger partial charge in [-0.3, -0.25) is 4.79 Å². The number of hydrogen-bond donors (Lipinski definition) is 0. The molecule has 156 valence electrons. The second-order valence-corrected chi connectivity index (χ2v) is 7.65. The van der Waals surface area contributed by atoms with Gasteiger partial charge in [-0.2, -0.15) is 18.2 Å². The summed E-state index contributed by atoms with van der Waals surface area (Å²) in [5.41, 5.74) is -0.0180. The predicted molar refractivity (Wildman–Crippen MR) is 105 cm³/mol. The zero-order chi connectivity index (χ0) is 21.9. The molecule has 0 N–H and O–H groups in total. The molecule has 0 unspecified atom stereocenters. The molecule has 30 heavy (non-hydrogen) atoms. The largest absolute Gasteiger partial charge is 0.461 e. The molecule has 0 aliphatic carbocycles. The van der Waals surface area contributed by atoms with E-state index in [0.29, 0.717) is 5.69 Å². The van der Waals surface area contributed by atoms with Crippen molar-refractivity contribution in [2.45, 2.75) is 18.7 Å². The molecule has 0 radical (unpaired) electrons. The van der Waals surface area contributed by atoms with E-state index in [1.165, 1.54) is 12.1 Å². The maximum Gasteiger partial charge on any atom is 0.362 e. The van der Waals surface area contributed by atoms with Crippen molar-refractivity contribution in [2.75, 3.05) is 6.61 Å². The van der Waals surface area contributed by atoms with Crippen molar-refractivity contribution in [1.82, 2.24) is 9.78 Å². The zero-order valence-corrected chi connectivity index (χ0v) is 16.8. The highest BCUT2D eigenvalue weighted by atomic mass is 32.2. The molecule has 1 aromatic heterocycles. The topological polar surface area (TPSA) is 105 Å². The lowest BCUT2D eigenvalue weighted by Gasteiger charge is -2.13. The fraction of sp³-hybridized carbons (Fsp3) is 0.150. The first kappa shape index (κ1) is 21.2. The molecule has 3 aromatic rings. The molecule has 0 spiro atoms. The highest BCUT2D eigenvalue weighted by Crippen LogP contribution is 2.23. The van der Waals surface area contributed by atoms with Crippen molar-refractivity contribution >= 4 is 16.1 Å². The van der Waals surface area contributed by atoms with Crippen molar-refractivity contribution < 1.29 is 26.5 Å². The maximum atomic E-state index is 13.9. The molecule has 1 heterocycles. The summed E-state index contributed by atoms with van der Waals surface area (Å²) in [7, 11) is -4.69. The van der Waals surface area contributed by atoms with Gasteiger partial charge in [-0.1, -0.05) is 29.8 Å². The van der Waals surface area contributed by atoms with Gasteiger partial charge in [0.2, 0.25) is 5.69 Å². The third-order valence-electron chi connectivity index (χ3n) is 3.95. The van der Waals surface area contributed by atoms with Gasteiger partial charge < -0.3 is 8.92 Å². The van der Waals surface area contributed by atoms with Gasteiger partial charge in [-0.15, -0.1) is 0 Å². The highest BCUT2D eigenvalue weighted by molar-refractivity contribution is 7.87. The lowest BCUT2D eigenvalue weighted by Crippen LogP contribution is -2.26. The monoisotopic (exact) mass is 432 g/mol. The summed E-state index contributed by atoms with van der Waals surface area (Å²) in [4.78, 5) is 24.2. The minimum Gasteiger partial charge on any atom is -0.461 e. The maximum absolute atomic E-state index is 13.9. The molecule has 0 saturated carbocycles. The Morgan fingerprint density at radius 3 is 2.43 bits per heavy atom. The van der Waals surface area contributed by atoms with Gasteiger partial charge in [-0.25, -0.2) is 9.18 Å². The van der Waals surface area contributed by atoms with Crippen LogP contribution in [0.5, 0.6) is 5.75 Å². The van der Waals surface area contributed by atoms with Crippen LogP contribution in [-0.2, 0) is 14.9 Å². The van der Waals surface area contributed by atoms with Crippen molar-refractivity contribution in [3.05, 3.63) is 82.0 Å². The minimum atomic E-state index is -4.69. The second-order valence-electron chi connectivity index (χ2n) is 6.13. The fourth-order valence-corrected chi connectivity index (χ4v) is 3.53. The van der Waals surface area contributed by atoms with Gasteiger partial charge in [0.05, 0.1) is 18.4 Å². The summed E-state index contributed by atoms with van der Waals surface area (Å²) in [6.07, 6.45) is 0. The van der Waals surface area contributed by atoms with E-state index in [1.807, 2.05) is 6.92 Å². The first-order valence-electron chi connectivity index (χ1n) is 8.80. The van der Waals surface area contributed by atoms with Crippen LogP contribution < -0.4 is 9.74 Å². The van der Waals surface area contributed by atoms with Crippen LogP contribution in [0.15, 0.2) is 64.3 Å². The lowest BCUT2D eigenvalue weighted by atomic mass is 10.2. The molecule has 8 nitrogen and oxygen atoms in total. The van der Waals surface area contributed by atoms with Crippen molar-refractivity contribution in [1.29, 1.82) is 0 Å². The molecular weight excluding hydrogens is 415 g/mol. The fourth-order valence-electron chi connectivity index (χ4n) is 2.53. The van der Waals surface area contributed by atoms with Gasteiger partial charge in [0.15, 0.2) is 5.75 Å².